The topological polar surface area (TPSA) is 27.7 Å². The maximum atomic E-state index is 15.1. The minimum atomic E-state index is -5.18. The van der Waals surface area contributed by atoms with E-state index in [1.54, 1.807) is 12.2 Å². The number of benzene rings is 1. The molecule has 40 heavy (non-hydrogen) atoms. The summed E-state index contributed by atoms with van der Waals surface area (Å²) in [6, 6.07) is 1.83. The number of hydrogen-bond donors (Lipinski definition) is 0. The first-order valence-electron chi connectivity index (χ1n) is 13.2. The summed E-state index contributed by atoms with van der Waals surface area (Å²) in [6.45, 7) is 2.86. The first kappa shape index (κ1) is 28.7. The van der Waals surface area contributed by atoms with Crippen molar-refractivity contribution in [3.8, 4) is 5.75 Å². The van der Waals surface area contributed by atoms with Crippen LogP contribution >= 0.6 is 11.8 Å². The molecule has 0 saturated heterocycles. The van der Waals surface area contributed by atoms with Crippen LogP contribution < -0.4 is 4.74 Å². The third-order valence-corrected chi connectivity index (χ3v) is 8.62. The molecular weight excluding hydrogens is 554 g/mol. The highest BCUT2D eigenvalue weighted by molar-refractivity contribution is 8.04. The first-order chi connectivity index (χ1) is 19.1. The molecule has 4 aliphatic rings. The Morgan fingerprint density at radius 3 is 2.30 bits per heavy atom. The van der Waals surface area contributed by atoms with Crippen molar-refractivity contribution >= 4 is 11.8 Å². The fourth-order valence-electron chi connectivity index (χ4n) is 5.31. The van der Waals surface area contributed by atoms with Gasteiger partial charge in [0.15, 0.2) is 11.6 Å². The van der Waals surface area contributed by atoms with Crippen molar-refractivity contribution in [2.45, 2.75) is 62.7 Å². The van der Waals surface area contributed by atoms with Crippen LogP contribution in [0, 0.1) is 11.6 Å². The van der Waals surface area contributed by atoms with Crippen LogP contribution in [0.25, 0.3) is 0 Å². The number of fused-ring (bicyclic) bond motifs is 1. The zero-order chi connectivity index (χ0) is 28.4. The molecule has 214 valence electrons. The third-order valence-electron chi connectivity index (χ3n) is 7.30. The summed E-state index contributed by atoms with van der Waals surface area (Å²) in [7, 11) is 0. The van der Waals surface area contributed by atoms with Crippen LogP contribution in [0.5, 0.6) is 5.75 Å². The van der Waals surface area contributed by atoms with E-state index in [-0.39, 0.29) is 23.1 Å². The molecule has 1 aromatic rings. The number of ether oxygens (including phenoxy) is 3. The quantitative estimate of drug-likeness (QED) is 0.300. The van der Waals surface area contributed by atoms with E-state index in [0.717, 1.165) is 29.0 Å². The summed E-state index contributed by atoms with van der Waals surface area (Å²) >= 11 is 1.49. The van der Waals surface area contributed by atoms with Crippen molar-refractivity contribution in [2.24, 2.45) is 0 Å². The van der Waals surface area contributed by atoms with Crippen molar-refractivity contribution in [3.05, 3.63) is 99.0 Å². The maximum Gasteiger partial charge on any atom is 0.573 e. The number of alkyl halides is 3. The molecule has 5 rings (SSSR count). The van der Waals surface area contributed by atoms with Crippen LogP contribution in [-0.2, 0) is 9.47 Å². The monoisotopic (exact) mass is 582 g/mol. The Morgan fingerprint density at radius 2 is 1.68 bits per heavy atom. The summed E-state index contributed by atoms with van der Waals surface area (Å²) in [5, 5.41) is -0.0922. The van der Waals surface area contributed by atoms with Gasteiger partial charge in [-0.05, 0) is 85.9 Å². The average molecular weight is 583 g/mol. The van der Waals surface area contributed by atoms with E-state index in [1.807, 2.05) is 31.2 Å². The molecule has 1 aliphatic heterocycles. The minimum Gasteiger partial charge on any atom is -0.494 e. The van der Waals surface area contributed by atoms with Gasteiger partial charge in [-0.2, -0.15) is 0 Å². The smallest absolute Gasteiger partial charge is 0.494 e. The van der Waals surface area contributed by atoms with Gasteiger partial charge in [0.05, 0.1) is 24.6 Å². The maximum absolute atomic E-state index is 15.1. The third kappa shape index (κ3) is 6.54. The van der Waals surface area contributed by atoms with Crippen molar-refractivity contribution in [1.82, 2.24) is 0 Å². The van der Waals surface area contributed by atoms with Gasteiger partial charge in [-0.3, -0.25) is 0 Å². The van der Waals surface area contributed by atoms with E-state index >= 15 is 4.39 Å². The van der Waals surface area contributed by atoms with Crippen LogP contribution in [0.4, 0.5) is 26.3 Å². The Balaban J connectivity index is 1.12. The molecule has 1 unspecified atom stereocenters. The van der Waals surface area contributed by atoms with E-state index in [4.69, 9.17) is 9.47 Å². The van der Waals surface area contributed by atoms with Crippen LogP contribution in [0.15, 0.2) is 81.8 Å². The fraction of sp³-hybridized carbons (Fsp3) is 0.400. The van der Waals surface area contributed by atoms with E-state index < -0.39 is 23.7 Å². The van der Waals surface area contributed by atoms with Gasteiger partial charge in [0, 0.05) is 10.5 Å². The number of rotatable bonds is 7. The van der Waals surface area contributed by atoms with Crippen LogP contribution in [0.3, 0.4) is 0 Å². The number of halogens is 6. The lowest BCUT2D eigenvalue weighted by molar-refractivity contribution is -0.276. The Hall–Kier alpha value is -2.85. The molecule has 1 saturated carbocycles. The highest BCUT2D eigenvalue weighted by Gasteiger charge is 2.35. The van der Waals surface area contributed by atoms with Crippen LogP contribution in [0.1, 0.15) is 50.5 Å². The lowest BCUT2D eigenvalue weighted by Gasteiger charge is -2.29. The van der Waals surface area contributed by atoms with Gasteiger partial charge in [-0.1, -0.05) is 24.3 Å². The molecule has 0 radical (unpaired) electrons. The highest BCUT2D eigenvalue weighted by Crippen LogP contribution is 2.48. The Bertz CT molecular complexity index is 1310. The molecule has 1 atom stereocenters. The van der Waals surface area contributed by atoms with Gasteiger partial charge in [0.25, 0.3) is 0 Å². The summed E-state index contributed by atoms with van der Waals surface area (Å²) in [5.74, 6) is -3.80. The summed E-state index contributed by atoms with van der Waals surface area (Å²) in [5.41, 5.74) is 2.88. The van der Waals surface area contributed by atoms with E-state index in [0.29, 0.717) is 61.4 Å². The standard InChI is InChI=1S/C30H28F6O3S/c1-2-37-22-11-12-23-26(15-22)40-29(27(23)33)19-5-3-17(4-6-19)16-38-21-9-7-18(8-10-21)20-13-24(31)28(25(32)14-20)39-30(34,35)36/h3-5,11-15,18,21,26H,2,6-10,16H2,1H3. The normalized spacial score (nSPS) is 26.5. The SMILES string of the molecule is CCOC1=CC2SC(=C3C=CC(COC4CCC(c5cc(F)c(OC(F)(F)F)c(F)c5)CC4)=CC3)C(F)=C2C=C1. The van der Waals surface area contributed by atoms with Gasteiger partial charge < -0.3 is 14.2 Å². The zero-order valence-corrected chi connectivity index (χ0v) is 22.5. The molecule has 0 N–H and O–H groups in total. The lowest BCUT2D eigenvalue weighted by Crippen LogP contribution is -2.22. The molecule has 0 spiro atoms. The molecule has 10 heteroatoms. The molecule has 1 heterocycles. The predicted molar refractivity (Wildman–Crippen MR) is 141 cm³/mol. The molecule has 0 aromatic heterocycles. The summed E-state index contributed by atoms with van der Waals surface area (Å²) in [6.07, 6.45) is 9.29. The molecule has 1 fully saturated rings. The number of hydrogen-bond acceptors (Lipinski definition) is 4. The molecule has 0 bridgehead atoms. The molecule has 1 aromatic carbocycles. The van der Waals surface area contributed by atoms with Crippen molar-refractivity contribution in [3.63, 3.8) is 0 Å². The van der Waals surface area contributed by atoms with E-state index in [2.05, 4.69) is 4.74 Å². The second-order valence-electron chi connectivity index (χ2n) is 9.96. The Labute approximate surface area is 232 Å². The van der Waals surface area contributed by atoms with Gasteiger partial charge >= 0.3 is 6.36 Å². The second kappa shape index (κ2) is 11.9. The number of thioether (sulfide) groups is 1. The average Bonchev–Trinajstić information content (AvgIpc) is 3.25. The van der Waals surface area contributed by atoms with Crippen molar-refractivity contribution in [1.29, 1.82) is 0 Å². The van der Waals surface area contributed by atoms with Crippen LogP contribution in [-0.4, -0.2) is 30.9 Å². The summed E-state index contributed by atoms with van der Waals surface area (Å²) < 4.78 is 95.6. The largest absolute Gasteiger partial charge is 0.573 e. The van der Waals surface area contributed by atoms with E-state index in [1.165, 1.54) is 11.8 Å². The zero-order valence-electron chi connectivity index (χ0n) is 21.7. The van der Waals surface area contributed by atoms with Gasteiger partial charge in [-0.15, -0.1) is 24.9 Å². The Morgan fingerprint density at radius 1 is 0.950 bits per heavy atom. The molecule has 3 nitrogen and oxygen atoms in total. The summed E-state index contributed by atoms with van der Waals surface area (Å²) in [4.78, 5) is 0.648. The Kier molecular flexibility index (Phi) is 8.56. The van der Waals surface area contributed by atoms with Gasteiger partial charge in [0.2, 0.25) is 5.75 Å². The minimum absolute atomic E-state index is 0.0402. The molecule has 3 aliphatic carbocycles. The molecule has 0 amide bonds. The van der Waals surface area contributed by atoms with Crippen molar-refractivity contribution < 1.29 is 40.6 Å². The molecular formula is C30H28F6O3S. The van der Waals surface area contributed by atoms with Crippen molar-refractivity contribution in [2.75, 3.05) is 13.2 Å². The fourth-order valence-corrected chi connectivity index (χ4v) is 6.60. The first-order valence-corrected chi connectivity index (χ1v) is 14.0. The van der Waals surface area contributed by atoms with Crippen LogP contribution in [0.2, 0.25) is 0 Å². The van der Waals surface area contributed by atoms with E-state index in [9.17, 15) is 22.0 Å². The van der Waals surface area contributed by atoms with Gasteiger partial charge in [-0.25, -0.2) is 13.2 Å². The number of allylic oxidation sites excluding steroid dienone is 6. The lowest BCUT2D eigenvalue weighted by atomic mass is 9.82. The predicted octanol–water partition coefficient (Wildman–Crippen LogP) is 8.88. The van der Waals surface area contributed by atoms with Gasteiger partial charge in [0.1, 0.15) is 11.6 Å². The highest BCUT2D eigenvalue weighted by atomic mass is 32.2. The second-order valence-corrected chi connectivity index (χ2v) is 11.1.